The van der Waals surface area contributed by atoms with Crippen LogP contribution in [0.25, 0.3) is 11.0 Å². The quantitative estimate of drug-likeness (QED) is 0.512. The van der Waals surface area contributed by atoms with E-state index < -0.39 is 0 Å². The standard InChI is InChI=1S/C22H18ClN5O2/c1-13-18-11-14(12-24-20(18)28(2)27-13)21(29)26-19-6-4-3-5-17(19)22(30)25-16-9-7-15(23)8-10-16/h3-12H,1-2H3,(H,25,30)(H,26,29). The Bertz CT molecular complexity index is 1260. The Balaban J connectivity index is 1.58. The van der Waals surface area contributed by atoms with Gasteiger partial charge in [-0.2, -0.15) is 5.10 Å². The molecule has 0 fully saturated rings. The molecule has 0 bridgehead atoms. The number of anilines is 2. The van der Waals surface area contributed by atoms with E-state index in [0.29, 0.717) is 33.2 Å². The fourth-order valence-corrected chi connectivity index (χ4v) is 3.27. The van der Waals surface area contributed by atoms with Crippen LogP contribution in [0.2, 0.25) is 5.02 Å². The third kappa shape index (κ3) is 3.88. The monoisotopic (exact) mass is 419 g/mol. The molecule has 0 aliphatic heterocycles. The number of rotatable bonds is 4. The van der Waals surface area contributed by atoms with Crippen molar-refractivity contribution in [2.24, 2.45) is 7.05 Å². The Kier molecular flexibility index (Phi) is 5.20. The highest BCUT2D eigenvalue weighted by atomic mass is 35.5. The van der Waals surface area contributed by atoms with Gasteiger partial charge in [0.2, 0.25) is 0 Å². The van der Waals surface area contributed by atoms with E-state index in [1.54, 1.807) is 66.3 Å². The van der Waals surface area contributed by atoms with Crippen molar-refractivity contribution in [1.82, 2.24) is 14.8 Å². The van der Waals surface area contributed by atoms with Crippen molar-refractivity contribution in [3.63, 3.8) is 0 Å². The Hall–Kier alpha value is -3.71. The van der Waals surface area contributed by atoms with E-state index in [0.717, 1.165) is 11.1 Å². The average Bonchev–Trinajstić information content (AvgIpc) is 3.03. The molecule has 2 amide bonds. The fraction of sp³-hybridized carbons (Fsp3) is 0.0909. The average molecular weight is 420 g/mol. The van der Waals surface area contributed by atoms with E-state index in [9.17, 15) is 9.59 Å². The molecule has 2 aromatic carbocycles. The zero-order valence-electron chi connectivity index (χ0n) is 16.3. The molecule has 2 N–H and O–H groups in total. The number of para-hydroxylation sites is 1. The minimum Gasteiger partial charge on any atom is -0.322 e. The molecular weight excluding hydrogens is 402 g/mol. The van der Waals surface area contributed by atoms with Crippen LogP contribution < -0.4 is 10.6 Å². The van der Waals surface area contributed by atoms with Crippen molar-refractivity contribution >= 4 is 45.8 Å². The first-order valence-corrected chi connectivity index (χ1v) is 9.57. The molecule has 0 radical (unpaired) electrons. The highest BCUT2D eigenvalue weighted by molar-refractivity contribution is 6.30. The summed E-state index contributed by atoms with van der Waals surface area (Å²) in [5.74, 6) is -0.704. The van der Waals surface area contributed by atoms with Gasteiger partial charge in [0.1, 0.15) is 0 Å². The number of aryl methyl sites for hydroxylation is 2. The van der Waals surface area contributed by atoms with Gasteiger partial charge >= 0.3 is 0 Å². The van der Waals surface area contributed by atoms with Crippen LogP contribution in [0.4, 0.5) is 11.4 Å². The number of carbonyl (C=O) groups is 2. The van der Waals surface area contributed by atoms with Crippen molar-refractivity contribution in [3.05, 3.63) is 82.6 Å². The summed E-state index contributed by atoms with van der Waals surface area (Å²) < 4.78 is 1.67. The summed E-state index contributed by atoms with van der Waals surface area (Å²) in [6, 6.07) is 15.3. The van der Waals surface area contributed by atoms with Gasteiger partial charge in [-0.15, -0.1) is 0 Å². The lowest BCUT2D eigenvalue weighted by Crippen LogP contribution is -2.18. The van der Waals surface area contributed by atoms with Gasteiger partial charge in [-0.3, -0.25) is 14.3 Å². The van der Waals surface area contributed by atoms with E-state index in [1.165, 1.54) is 6.20 Å². The number of hydrogen-bond donors (Lipinski definition) is 2. The molecule has 4 aromatic rings. The summed E-state index contributed by atoms with van der Waals surface area (Å²) in [5.41, 5.74) is 3.22. The van der Waals surface area contributed by atoms with Crippen molar-refractivity contribution in [1.29, 1.82) is 0 Å². The second kappa shape index (κ2) is 7.96. The third-order valence-electron chi connectivity index (χ3n) is 4.65. The number of aromatic nitrogens is 3. The predicted molar refractivity (Wildman–Crippen MR) is 117 cm³/mol. The SMILES string of the molecule is Cc1nn(C)c2ncc(C(=O)Nc3ccccc3C(=O)Nc3ccc(Cl)cc3)cc12. The van der Waals surface area contributed by atoms with Gasteiger partial charge < -0.3 is 10.6 Å². The summed E-state index contributed by atoms with van der Waals surface area (Å²) in [6.45, 7) is 1.86. The molecule has 0 unspecified atom stereocenters. The molecule has 4 rings (SSSR count). The number of halogens is 1. The van der Waals surface area contributed by atoms with E-state index in [1.807, 2.05) is 6.92 Å². The summed E-state index contributed by atoms with van der Waals surface area (Å²) in [6.07, 6.45) is 1.50. The molecule has 7 nitrogen and oxygen atoms in total. The zero-order chi connectivity index (χ0) is 21.3. The lowest BCUT2D eigenvalue weighted by molar-refractivity contribution is 0.102. The molecule has 0 aliphatic carbocycles. The van der Waals surface area contributed by atoms with Crippen molar-refractivity contribution in [2.75, 3.05) is 10.6 Å². The molecule has 8 heteroatoms. The Morgan fingerprint density at radius 1 is 1.00 bits per heavy atom. The predicted octanol–water partition coefficient (Wildman–Crippen LogP) is 4.43. The Morgan fingerprint density at radius 3 is 2.50 bits per heavy atom. The van der Waals surface area contributed by atoms with E-state index in [-0.39, 0.29) is 11.8 Å². The summed E-state index contributed by atoms with van der Waals surface area (Å²) in [4.78, 5) is 29.9. The van der Waals surface area contributed by atoms with Crippen LogP contribution in [0.15, 0.2) is 60.8 Å². The molecular formula is C22H18ClN5O2. The van der Waals surface area contributed by atoms with E-state index >= 15 is 0 Å². The number of carbonyl (C=O) groups excluding carboxylic acids is 2. The number of hydrogen-bond acceptors (Lipinski definition) is 4. The maximum absolute atomic E-state index is 12.8. The number of benzene rings is 2. The number of nitrogens with zero attached hydrogens (tertiary/aromatic N) is 3. The van der Waals surface area contributed by atoms with E-state index in [2.05, 4.69) is 20.7 Å². The van der Waals surface area contributed by atoms with Crippen molar-refractivity contribution in [3.8, 4) is 0 Å². The molecule has 0 saturated heterocycles. The first kappa shape index (κ1) is 19.6. The van der Waals surface area contributed by atoms with Gasteiger partial charge in [0.15, 0.2) is 5.65 Å². The van der Waals surface area contributed by atoms with Gasteiger partial charge in [0, 0.05) is 29.3 Å². The second-order valence-electron chi connectivity index (χ2n) is 6.76. The van der Waals surface area contributed by atoms with E-state index in [4.69, 9.17) is 11.6 Å². The third-order valence-corrected chi connectivity index (χ3v) is 4.90. The normalized spacial score (nSPS) is 10.8. The Morgan fingerprint density at radius 2 is 1.73 bits per heavy atom. The van der Waals surface area contributed by atoms with Crippen LogP contribution >= 0.6 is 11.6 Å². The molecule has 0 aliphatic rings. The molecule has 2 heterocycles. The molecule has 0 saturated carbocycles. The number of amides is 2. The topological polar surface area (TPSA) is 88.9 Å². The minimum atomic E-state index is -0.362. The highest BCUT2D eigenvalue weighted by Crippen LogP contribution is 2.21. The molecule has 150 valence electrons. The lowest BCUT2D eigenvalue weighted by Gasteiger charge is -2.12. The van der Waals surface area contributed by atoms with Crippen LogP contribution in [-0.2, 0) is 7.05 Å². The first-order valence-electron chi connectivity index (χ1n) is 9.19. The summed E-state index contributed by atoms with van der Waals surface area (Å²) in [7, 11) is 1.80. The first-order chi connectivity index (χ1) is 14.4. The lowest BCUT2D eigenvalue weighted by atomic mass is 10.1. The number of pyridine rings is 1. The number of fused-ring (bicyclic) bond motifs is 1. The van der Waals surface area contributed by atoms with Crippen LogP contribution in [0, 0.1) is 6.92 Å². The van der Waals surface area contributed by atoms with Crippen LogP contribution in [0.5, 0.6) is 0 Å². The van der Waals surface area contributed by atoms with Crippen LogP contribution in [0.1, 0.15) is 26.4 Å². The molecule has 2 aromatic heterocycles. The molecule has 0 atom stereocenters. The maximum Gasteiger partial charge on any atom is 0.257 e. The van der Waals surface area contributed by atoms with Crippen LogP contribution in [-0.4, -0.2) is 26.6 Å². The maximum atomic E-state index is 12.8. The molecule has 30 heavy (non-hydrogen) atoms. The van der Waals surface area contributed by atoms with Gasteiger partial charge in [-0.25, -0.2) is 4.98 Å². The number of nitrogens with one attached hydrogen (secondary N) is 2. The van der Waals surface area contributed by atoms with Gasteiger partial charge in [-0.05, 0) is 49.4 Å². The second-order valence-corrected chi connectivity index (χ2v) is 7.20. The molecule has 0 spiro atoms. The van der Waals surface area contributed by atoms with Crippen molar-refractivity contribution in [2.45, 2.75) is 6.92 Å². The smallest absolute Gasteiger partial charge is 0.257 e. The summed E-state index contributed by atoms with van der Waals surface area (Å²) in [5, 5.41) is 11.3. The van der Waals surface area contributed by atoms with Crippen molar-refractivity contribution < 1.29 is 9.59 Å². The van der Waals surface area contributed by atoms with Gasteiger partial charge in [0.05, 0.1) is 22.5 Å². The van der Waals surface area contributed by atoms with Gasteiger partial charge in [-0.1, -0.05) is 23.7 Å². The summed E-state index contributed by atoms with van der Waals surface area (Å²) >= 11 is 5.88. The minimum absolute atomic E-state index is 0.340. The van der Waals surface area contributed by atoms with Gasteiger partial charge in [0.25, 0.3) is 11.8 Å². The largest absolute Gasteiger partial charge is 0.322 e. The fourth-order valence-electron chi connectivity index (χ4n) is 3.15. The van der Waals surface area contributed by atoms with Crippen LogP contribution in [0.3, 0.4) is 0 Å². The highest BCUT2D eigenvalue weighted by Gasteiger charge is 2.16. The Labute approximate surface area is 177 Å². The zero-order valence-corrected chi connectivity index (χ0v) is 17.1.